The molecule has 0 radical (unpaired) electrons. The molecule has 20 heavy (non-hydrogen) atoms. The van der Waals surface area contributed by atoms with Gasteiger partial charge in [-0.3, -0.25) is 4.79 Å². The summed E-state index contributed by atoms with van der Waals surface area (Å²) in [6.45, 7) is 3.39. The molecule has 1 rings (SSSR count). The second-order valence-electron chi connectivity index (χ2n) is 4.90. The molecule has 7 heteroatoms. The molecule has 0 amide bonds. The summed E-state index contributed by atoms with van der Waals surface area (Å²) in [5, 5.41) is 8.88. The summed E-state index contributed by atoms with van der Waals surface area (Å²) in [6, 6.07) is 3.76. The molecule has 1 atom stereocenters. The largest absolute Gasteiger partial charge is 0.480 e. The third kappa shape index (κ3) is 4.42. The minimum atomic E-state index is -4.35. The van der Waals surface area contributed by atoms with E-state index < -0.39 is 28.5 Å². The van der Waals surface area contributed by atoms with Gasteiger partial charge < -0.3 is 10.8 Å². The Kier molecular flexibility index (Phi) is 5.10. The predicted molar refractivity (Wildman–Crippen MR) is 72.4 cm³/mol. The van der Waals surface area contributed by atoms with Gasteiger partial charge in [0.15, 0.2) is 0 Å². The molecular formula is C13H16F3NO2S. The Morgan fingerprint density at radius 3 is 2.20 bits per heavy atom. The highest BCUT2D eigenvalue weighted by molar-refractivity contribution is 7.99. The molecule has 0 bridgehead atoms. The molecule has 0 unspecified atom stereocenters. The SMILES string of the molecule is CC(C)(SCc1ccc(C(F)(F)F)cc1)[C@H](N)C(=O)O. The maximum absolute atomic E-state index is 12.4. The number of carboxylic acid groups (broad SMARTS) is 1. The fourth-order valence-electron chi connectivity index (χ4n) is 1.45. The van der Waals surface area contributed by atoms with E-state index in [2.05, 4.69) is 0 Å². The number of rotatable bonds is 5. The van der Waals surface area contributed by atoms with Crippen molar-refractivity contribution in [3.63, 3.8) is 0 Å². The number of aliphatic carboxylic acids is 1. The van der Waals surface area contributed by atoms with Gasteiger partial charge in [-0.15, -0.1) is 11.8 Å². The first kappa shape index (κ1) is 16.8. The Hall–Kier alpha value is -1.21. The van der Waals surface area contributed by atoms with E-state index in [1.807, 2.05) is 0 Å². The van der Waals surface area contributed by atoms with E-state index in [4.69, 9.17) is 10.8 Å². The molecule has 0 aromatic heterocycles. The number of hydrogen-bond donors (Lipinski definition) is 2. The van der Waals surface area contributed by atoms with Crippen LogP contribution < -0.4 is 5.73 Å². The Balaban J connectivity index is 2.69. The van der Waals surface area contributed by atoms with Crippen LogP contribution in [0.5, 0.6) is 0 Å². The maximum Gasteiger partial charge on any atom is 0.416 e. The van der Waals surface area contributed by atoms with Crippen LogP contribution in [0.4, 0.5) is 13.2 Å². The molecule has 0 aliphatic rings. The maximum atomic E-state index is 12.4. The number of thioether (sulfide) groups is 1. The first-order valence-electron chi connectivity index (χ1n) is 5.82. The van der Waals surface area contributed by atoms with E-state index in [9.17, 15) is 18.0 Å². The number of halogens is 3. The Bertz CT molecular complexity index is 471. The Morgan fingerprint density at radius 1 is 1.30 bits per heavy atom. The predicted octanol–water partition coefficient (Wildman–Crippen LogP) is 3.13. The lowest BCUT2D eigenvalue weighted by Crippen LogP contribution is -2.46. The summed E-state index contributed by atoms with van der Waals surface area (Å²) in [4.78, 5) is 10.8. The molecule has 0 aliphatic heterocycles. The highest BCUT2D eigenvalue weighted by Gasteiger charge is 2.33. The quantitative estimate of drug-likeness (QED) is 0.877. The normalized spacial score (nSPS) is 14.1. The summed E-state index contributed by atoms with van der Waals surface area (Å²) in [5.74, 6) is -0.707. The van der Waals surface area contributed by atoms with E-state index in [0.29, 0.717) is 11.3 Å². The van der Waals surface area contributed by atoms with Crippen LogP contribution in [0.2, 0.25) is 0 Å². The number of alkyl halides is 3. The molecular weight excluding hydrogens is 291 g/mol. The smallest absolute Gasteiger partial charge is 0.416 e. The van der Waals surface area contributed by atoms with Gasteiger partial charge in [0.2, 0.25) is 0 Å². The lowest BCUT2D eigenvalue weighted by molar-refractivity contribution is -0.139. The number of nitrogens with two attached hydrogens (primary N) is 1. The van der Waals surface area contributed by atoms with Crippen LogP contribution in [0, 0.1) is 0 Å². The van der Waals surface area contributed by atoms with Gasteiger partial charge in [-0.2, -0.15) is 13.2 Å². The van der Waals surface area contributed by atoms with Crippen molar-refractivity contribution in [3.8, 4) is 0 Å². The summed E-state index contributed by atoms with van der Waals surface area (Å²) < 4.78 is 36.5. The zero-order valence-corrected chi connectivity index (χ0v) is 11.9. The topological polar surface area (TPSA) is 63.3 Å². The van der Waals surface area contributed by atoms with Crippen molar-refractivity contribution in [2.45, 2.75) is 36.6 Å². The van der Waals surface area contributed by atoms with Gasteiger partial charge in [0.1, 0.15) is 6.04 Å². The highest BCUT2D eigenvalue weighted by Crippen LogP contribution is 2.32. The van der Waals surface area contributed by atoms with E-state index in [-0.39, 0.29) is 0 Å². The number of hydrogen-bond acceptors (Lipinski definition) is 3. The molecule has 1 aromatic rings. The molecule has 1 aromatic carbocycles. The van der Waals surface area contributed by atoms with Crippen molar-refractivity contribution in [3.05, 3.63) is 35.4 Å². The van der Waals surface area contributed by atoms with Gasteiger partial charge in [-0.25, -0.2) is 0 Å². The van der Waals surface area contributed by atoms with Crippen molar-refractivity contribution < 1.29 is 23.1 Å². The second kappa shape index (κ2) is 6.05. The zero-order valence-electron chi connectivity index (χ0n) is 11.1. The summed E-state index contributed by atoms with van der Waals surface area (Å²) in [6.07, 6.45) is -4.35. The molecule has 0 fully saturated rings. The molecule has 3 nitrogen and oxygen atoms in total. The monoisotopic (exact) mass is 307 g/mol. The van der Waals surface area contributed by atoms with Crippen LogP contribution in [0.1, 0.15) is 25.0 Å². The third-order valence-electron chi connectivity index (χ3n) is 2.91. The first-order valence-corrected chi connectivity index (χ1v) is 6.81. The second-order valence-corrected chi connectivity index (χ2v) is 6.53. The van der Waals surface area contributed by atoms with E-state index in [0.717, 1.165) is 12.1 Å². The molecule has 0 spiro atoms. The highest BCUT2D eigenvalue weighted by atomic mass is 32.2. The van der Waals surface area contributed by atoms with E-state index >= 15 is 0 Å². The van der Waals surface area contributed by atoms with E-state index in [1.165, 1.54) is 23.9 Å². The van der Waals surface area contributed by atoms with Crippen molar-refractivity contribution in [2.24, 2.45) is 5.73 Å². The lowest BCUT2D eigenvalue weighted by Gasteiger charge is -2.28. The fourth-order valence-corrected chi connectivity index (χ4v) is 2.46. The first-order chi connectivity index (χ1) is 9.04. The van der Waals surface area contributed by atoms with Crippen molar-refractivity contribution in [2.75, 3.05) is 0 Å². The van der Waals surface area contributed by atoms with Crippen LogP contribution in [-0.2, 0) is 16.7 Å². The average Bonchev–Trinajstić information content (AvgIpc) is 2.35. The number of carbonyl (C=O) groups is 1. The minimum Gasteiger partial charge on any atom is -0.480 e. The molecule has 112 valence electrons. The summed E-state index contributed by atoms with van der Waals surface area (Å²) >= 11 is 1.29. The fraction of sp³-hybridized carbons (Fsp3) is 0.462. The standard InChI is InChI=1S/C13H16F3NO2S/c1-12(2,10(17)11(18)19)20-7-8-3-5-9(6-4-8)13(14,15)16/h3-6,10H,7,17H2,1-2H3,(H,18,19)/t10-/m1/s1. The van der Waals surface area contributed by atoms with Crippen LogP contribution in [0.15, 0.2) is 24.3 Å². The van der Waals surface area contributed by atoms with Gasteiger partial charge in [-0.1, -0.05) is 12.1 Å². The van der Waals surface area contributed by atoms with Crippen LogP contribution in [-0.4, -0.2) is 21.9 Å². The molecule has 0 aliphatic carbocycles. The number of carboxylic acids is 1. The lowest BCUT2D eigenvalue weighted by atomic mass is 10.1. The summed E-state index contributed by atoms with van der Waals surface area (Å²) in [5.41, 5.74) is 5.56. The summed E-state index contributed by atoms with van der Waals surface area (Å²) in [7, 11) is 0. The van der Waals surface area contributed by atoms with Gasteiger partial charge in [0.05, 0.1) is 5.56 Å². The van der Waals surface area contributed by atoms with Gasteiger partial charge in [0, 0.05) is 10.5 Å². The zero-order chi connectivity index (χ0) is 15.6. The minimum absolute atomic E-state index is 0.395. The van der Waals surface area contributed by atoms with Crippen molar-refractivity contribution >= 4 is 17.7 Å². The Labute approximate surface area is 119 Å². The van der Waals surface area contributed by atoms with Crippen LogP contribution in [0.25, 0.3) is 0 Å². The van der Waals surface area contributed by atoms with Gasteiger partial charge >= 0.3 is 12.1 Å². The van der Waals surface area contributed by atoms with Crippen LogP contribution in [0.3, 0.4) is 0 Å². The molecule has 3 N–H and O–H groups in total. The number of benzene rings is 1. The van der Waals surface area contributed by atoms with Crippen LogP contribution >= 0.6 is 11.8 Å². The Morgan fingerprint density at radius 2 is 1.80 bits per heavy atom. The average molecular weight is 307 g/mol. The van der Waals surface area contributed by atoms with Crippen molar-refractivity contribution in [1.29, 1.82) is 0 Å². The molecule has 0 saturated heterocycles. The van der Waals surface area contributed by atoms with E-state index in [1.54, 1.807) is 13.8 Å². The van der Waals surface area contributed by atoms with Gasteiger partial charge in [-0.05, 0) is 31.5 Å². The third-order valence-corrected chi connectivity index (χ3v) is 4.38. The van der Waals surface area contributed by atoms with Crippen molar-refractivity contribution in [1.82, 2.24) is 0 Å². The van der Waals surface area contributed by atoms with Gasteiger partial charge in [0.25, 0.3) is 0 Å². The molecule has 0 heterocycles. The molecule has 0 saturated carbocycles.